The Bertz CT molecular complexity index is 4650. The van der Waals surface area contributed by atoms with Crippen molar-refractivity contribution in [2.24, 2.45) is 13.0 Å². The van der Waals surface area contributed by atoms with E-state index >= 15 is 0 Å². The van der Waals surface area contributed by atoms with Gasteiger partial charge in [-0.3, -0.25) is 9.97 Å². The Labute approximate surface area is 543 Å². The van der Waals surface area contributed by atoms with Crippen LogP contribution in [-0.4, -0.2) is 91.7 Å². The fraction of sp³-hybridized carbons (Fsp3) is 0.362. The molecule has 0 amide bonds. The summed E-state index contributed by atoms with van der Waals surface area (Å²) in [6.07, 6.45) is 9.07. The van der Waals surface area contributed by atoms with Crippen molar-refractivity contribution < 1.29 is 26.3 Å². The number of aromatic nitrogens is 14. The zero-order valence-electron chi connectivity index (χ0n) is 52.5. The quantitative estimate of drug-likeness (QED) is 0.0461. The molecule has 0 spiro atoms. The van der Waals surface area contributed by atoms with Gasteiger partial charge >= 0.3 is 12.4 Å². The van der Waals surface area contributed by atoms with Crippen molar-refractivity contribution in [3.63, 3.8) is 0 Å². The number of benzene rings is 2. The summed E-state index contributed by atoms with van der Waals surface area (Å²) in [4.78, 5) is 20.0. The van der Waals surface area contributed by atoms with Crippen molar-refractivity contribution in [3.8, 4) is 91.3 Å². The molecule has 4 N–H and O–H groups in total. The van der Waals surface area contributed by atoms with Crippen LogP contribution in [0.1, 0.15) is 111 Å². The Morgan fingerprint density at radius 1 is 0.600 bits per heavy atom. The van der Waals surface area contributed by atoms with Crippen molar-refractivity contribution in [2.75, 3.05) is 10.6 Å². The summed E-state index contributed by atoms with van der Waals surface area (Å²) in [6, 6.07) is 26.5. The molecule has 2 atom stereocenters. The van der Waals surface area contributed by atoms with E-state index in [-0.39, 0.29) is 65.2 Å². The number of hydrogen-bond donors (Lipinski definition) is 4. The van der Waals surface area contributed by atoms with Gasteiger partial charge in [0.05, 0.1) is 82.4 Å². The van der Waals surface area contributed by atoms with Gasteiger partial charge in [-0.2, -0.15) is 47.1 Å². The molecule has 4 fully saturated rings. The van der Waals surface area contributed by atoms with Gasteiger partial charge in [0.15, 0.2) is 23.3 Å². The Hall–Kier alpha value is -10.2. The normalized spacial score (nSPS) is 18.0. The van der Waals surface area contributed by atoms with E-state index in [1.54, 1.807) is 69.9 Å². The van der Waals surface area contributed by atoms with E-state index in [9.17, 15) is 36.9 Å². The highest BCUT2D eigenvalue weighted by Crippen LogP contribution is 2.51. The second kappa shape index (κ2) is 24.3. The van der Waals surface area contributed by atoms with Crippen LogP contribution in [0, 0.1) is 42.4 Å². The molecule has 4 saturated carbocycles. The van der Waals surface area contributed by atoms with Gasteiger partial charge in [-0.1, -0.05) is 18.6 Å². The van der Waals surface area contributed by atoms with Gasteiger partial charge in [-0.05, 0) is 178 Å². The maximum Gasteiger partial charge on any atom is 0.416 e. The smallest absolute Gasteiger partial charge is 0.364 e. The molecule has 0 bridgehead atoms. The summed E-state index contributed by atoms with van der Waals surface area (Å²) in [5.41, 5.74) is 4.67. The number of anilines is 2. The zero-order chi connectivity index (χ0) is 66.0. The van der Waals surface area contributed by atoms with Gasteiger partial charge < -0.3 is 30.4 Å². The molecule has 10 aromatic rings. The third-order valence-corrected chi connectivity index (χ3v) is 19.2. The molecular formula is C69H66F6N20. The van der Waals surface area contributed by atoms with Crippen LogP contribution in [0.4, 0.5) is 38.0 Å². The fourth-order valence-electron chi connectivity index (χ4n) is 12.8. The average molecular weight is 1290 g/mol. The lowest BCUT2D eigenvalue weighted by Gasteiger charge is -2.39. The minimum Gasteiger partial charge on any atom is -0.364 e. The lowest BCUT2D eigenvalue weighted by Crippen LogP contribution is -2.47. The van der Waals surface area contributed by atoms with Crippen LogP contribution >= 0.6 is 0 Å². The number of aryl methyl sites for hydroxylation is 3. The minimum atomic E-state index is -4.75. The van der Waals surface area contributed by atoms with Crippen molar-refractivity contribution in [1.29, 1.82) is 10.5 Å². The second-order valence-corrected chi connectivity index (χ2v) is 26.1. The first-order valence-electron chi connectivity index (χ1n) is 31.7. The lowest BCUT2D eigenvalue weighted by atomic mass is 9.78. The molecule has 0 aliphatic heterocycles. The summed E-state index contributed by atoms with van der Waals surface area (Å²) in [5, 5.41) is 61.2. The van der Waals surface area contributed by atoms with E-state index in [2.05, 4.69) is 60.7 Å². The van der Waals surface area contributed by atoms with E-state index in [1.165, 1.54) is 42.3 Å². The molecule has 2 unspecified atom stereocenters. The number of rotatable bonds is 22. The monoisotopic (exact) mass is 1290 g/mol. The maximum atomic E-state index is 15.0. The predicted octanol–water partition coefficient (Wildman–Crippen LogP) is 13.3. The van der Waals surface area contributed by atoms with Gasteiger partial charge in [0.25, 0.3) is 0 Å². The molecule has 8 heterocycles. The summed E-state index contributed by atoms with van der Waals surface area (Å²) >= 11 is 0. The van der Waals surface area contributed by atoms with E-state index in [4.69, 9.17) is 30.1 Å². The molecule has 0 radical (unpaired) electrons. The topological polar surface area (TPSA) is 244 Å². The van der Waals surface area contributed by atoms with Crippen LogP contribution in [0.5, 0.6) is 0 Å². The molecule has 26 heteroatoms. The summed E-state index contributed by atoms with van der Waals surface area (Å²) in [7, 11) is 1.69. The lowest BCUT2D eigenvalue weighted by molar-refractivity contribution is -0.138. The number of halogens is 6. The molecule has 2 aromatic carbocycles. The van der Waals surface area contributed by atoms with E-state index < -0.39 is 34.6 Å². The molecule has 20 nitrogen and oxygen atoms in total. The summed E-state index contributed by atoms with van der Waals surface area (Å²) in [6.45, 7) is 7.48. The highest BCUT2D eigenvalue weighted by molar-refractivity contribution is 5.85. The molecule has 8 aromatic heterocycles. The average Bonchev–Trinajstić information content (AvgIpc) is 1.71. The first-order valence-corrected chi connectivity index (χ1v) is 31.7. The number of nitrogens with one attached hydrogen (secondary N) is 4. The van der Waals surface area contributed by atoms with Gasteiger partial charge in [-0.25, -0.2) is 19.3 Å². The molecule has 14 rings (SSSR count). The third-order valence-electron chi connectivity index (χ3n) is 19.2. The molecular weight excluding hydrogens is 1220 g/mol. The first-order chi connectivity index (χ1) is 45.6. The number of alkyl halides is 6. The van der Waals surface area contributed by atoms with Crippen LogP contribution in [0.3, 0.4) is 0 Å². The van der Waals surface area contributed by atoms with E-state index in [0.717, 1.165) is 78.2 Å². The highest BCUT2D eigenvalue weighted by Gasteiger charge is 2.55. The first kappa shape index (κ1) is 62.3. The van der Waals surface area contributed by atoms with Gasteiger partial charge in [0, 0.05) is 78.8 Å². The van der Waals surface area contributed by atoms with E-state index in [1.807, 2.05) is 38.1 Å². The molecule has 95 heavy (non-hydrogen) atoms. The number of nitriles is 2. The Morgan fingerprint density at radius 2 is 1.16 bits per heavy atom. The van der Waals surface area contributed by atoms with Crippen LogP contribution in [0.2, 0.25) is 0 Å². The number of hydrogen-bond acceptors (Lipinski definition) is 16. The molecule has 0 saturated heterocycles. The Morgan fingerprint density at radius 3 is 1.67 bits per heavy atom. The molecule has 484 valence electrons. The Kier molecular flexibility index (Phi) is 15.9. The van der Waals surface area contributed by atoms with Crippen molar-refractivity contribution >= 4 is 11.6 Å². The standard InChI is InChI=1S/C69H66F6N20/c1-41-9-13-51(34-78-50-7-5-8-50)84-61(41)45-32-82-94(36-45)59-27-43(25-57(86-59)88-66(19-20-66)21-23-76)56-30-48(69(73,74)75)12-16-54(56)64-91-81-40-93(64)38-49-31-67(49,22-24-77)89-58-26-44(55-29-47(68(70,71)72)11-15-53(55)63-90-80-39-92(63)4)28-60(87-58)95-37-46(33-83-95)62-42(2)10-14-52(85-62)35-79-65(3)17-6-18-65/h9-16,25-30,32-33,36-37,39-40,49-50,78-79H,5-8,17-22,31,34-35,38H2,1-4H3,(H,86,88)(H,87,89). The summed E-state index contributed by atoms with van der Waals surface area (Å²) in [5.74, 6) is 1.24. The van der Waals surface area contributed by atoms with Crippen molar-refractivity contribution in [2.45, 2.75) is 146 Å². The fourth-order valence-corrected chi connectivity index (χ4v) is 12.8. The number of nitrogens with zero attached hydrogens (tertiary/aromatic N) is 16. The van der Waals surface area contributed by atoms with Crippen LogP contribution in [0.15, 0.2) is 122 Å². The largest absolute Gasteiger partial charge is 0.416 e. The molecule has 4 aliphatic carbocycles. The van der Waals surface area contributed by atoms with Crippen molar-refractivity contribution in [1.82, 2.24) is 79.7 Å². The Balaban J connectivity index is 0.814. The van der Waals surface area contributed by atoms with Gasteiger partial charge in [0.2, 0.25) is 0 Å². The van der Waals surface area contributed by atoms with Gasteiger partial charge in [-0.15, -0.1) is 20.4 Å². The van der Waals surface area contributed by atoms with Crippen LogP contribution < -0.4 is 21.3 Å². The third kappa shape index (κ3) is 12.9. The number of pyridine rings is 4. The second-order valence-electron chi connectivity index (χ2n) is 26.1. The van der Waals surface area contributed by atoms with E-state index in [0.29, 0.717) is 89.1 Å². The summed E-state index contributed by atoms with van der Waals surface area (Å²) < 4.78 is 95.6. The maximum absolute atomic E-state index is 15.0. The molecule has 4 aliphatic rings. The highest BCUT2D eigenvalue weighted by atomic mass is 19.4. The zero-order valence-corrected chi connectivity index (χ0v) is 52.5. The van der Waals surface area contributed by atoms with Crippen molar-refractivity contribution in [3.05, 3.63) is 156 Å². The minimum absolute atomic E-state index is 0.0481. The van der Waals surface area contributed by atoms with Crippen LogP contribution in [0.25, 0.3) is 79.2 Å². The van der Waals surface area contributed by atoms with Crippen LogP contribution in [-0.2, 0) is 39.0 Å². The SMILES string of the molecule is Cc1ccc(CNC2CCC2)nc1-c1cnn(-c2cc(-c3cc(C(F)(F)F)ccc3-c3nncn3CC3CC3(CC#N)Nc3cc(-c4cc(C(F)(F)F)ccc4-c4nncn4C)cc(-n4cc(-c5nc(CNC6(C)CCC6)ccc5C)cn4)n3)cc(NC3(CC#N)CC3)n2)c1. The van der Waals surface area contributed by atoms with Gasteiger partial charge in [0.1, 0.15) is 24.3 Å². The predicted molar refractivity (Wildman–Crippen MR) is 343 cm³/mol.